The summed E-state index contributed by atoms with van der Waals surface area (Å²) in [6, 6.07) is 3.89. The van der Waals surface area contributed by atoms with Gasteiger partial charge in [-0.25, -0.2) is 0 Å². The van der Waals surface area contributed by atoms with Gasteiger partial charge in [0.15, 0.2) is 0 Å². The molecule has 0 radical (unpaired) electrons. The van der Waals surface area contributed by atoms with Gasteiger partial charge in [-0.05, 0) is 35.1 Å². The van der Waals surface area contributed by atoms with Crippen molar-refractivity contribution in [1.29, 1.82) is 0 Å². The van der Waals surface area contributed by atoms with Gasteiger partial charge in [0.2, 0.25) is 0 Å². The molecular formula is C13H19BrCl2NOTi-. The molecule has 6 heteroatoms. The zero-order chi connectivity index (χ0) is 12.5. The SMILES string of the molecule is CC(C)c1cc(Br)cc(C(C)C)c1C([NH-])=O.Cl.Cl.[Ti]. The second kappa shape index (κ2) is 10.2. The van der Waals surface area contributed by atoms with Crippen LogP contribution in [0.15, 0.2) is 16.6 Å². The Balaban J connectivity index is -0.000000853. The van der Waals surface area contributed by atoms with E-state index in [1.165, 1.54) is 0 Å². The van der Waals surface area contributed by atoms with E-state index in [2.05, 4.69) is 15.9 Å². The van der Waals surface area contributed by atoms with Crippen LogP contribution in [0.25, 0.3) is 5.73 Å². The topological polar surface area (TPSA) is 40.9 Å². The maximum atomic E-state index is 11.5. The van der Waals surface area contributed by atoms with Crippen LogP contribution in [0.1, 0.15) is 61.0 Å². The minimum absolute atomic E-state index is 0. The average Bonchev–Trinajstić information content (AvgIpc) is 2.15. The first-order valence-electron chi connectivity index (χ1n) is 5.43. The number of halogens is 3. The number of nitrogens with one attached hydrogen (secondary N) is 1. The number of amides is 1. The van der Waals surface area contributed by atoms with Crippen LogP contribution in [0.5, 0.6) is 0 Å². The third kappa shape index (κ3) is 6.18. The van der Waals surface area contributed by atoms with Crippen LogP contribution in [-0.2, 0) is 21.7 Å². The zero-order valence-corrected chi connectivity index (χ0v) is 16.2. The summed E-state index contributed by atoms with van der Waals surface area (Å²) in [5, 5.41) is 0. The summed E-state index contributed by atoms with van der Waals surface area (Å²) in [4.78, 5) is 11.5. The zero-order valence-electron chi connectivity index (χ0n) is 11.4. The van der Waals surface area contributed by atoms with Gasteiger partial charge in [-0.2, -0.15) is 0 Å². The maximum absolute atomic E-state index is 11.5. The van der Waals surface area contributed by atoms with Crippen molar-refractivity contribution in [1.82, 2.24) is 0 Å². The summed E-state index contributed by atoms with van der Waals surface area (Å²) in [6.07, 6.45) is 0. The fourth-order valence-electron chi connectivity index (χ4n) is 1.82. The van der Waals surface area contributed by atoms with E-state index in [1.807, 2.05) is 39.8 Å². The molecule has 1 N–H and O–H groups in total. The van der Waals surface area contributed by atoms with Gasteiger partial charge >= 0.3 is 0 Å². The summed E-state index contributed by atoms with van der Waals surface area (Å²) >= 11 is 3.46. The quantitative estimate of drug-likeness (QED) is 0.594. The minimum atomic E-state index is -0.583. The van der Waals surface area contributed by atoms with Gasteiger partial charge in [-0.3, -0.25) is 0 Å². The first-order valence-corrected chi connectivity index (χ1v) is 6.23. The predicted octanol–water partition coefficient (Wildman–Crippen LogP) is 5.73. The van der Waals surface area contributed by atoms with Gasteiger partial charge in [0.25, 0.3) is 0 Å². The molecule has 2 nitrogen and oxygen atoms in total. The summed E-state index contributed by atoms with van der Waals surface area (Å²) in [7, 11) is 0. The van der Waals surface area contributed by atoms with E-state index in [-0.39, 0.29) is 58.4 Å². The number of carbonyl (C=O) groups is 1. The van der Waals surface area contributed by atoms with E-state index in [4.69, 9.17) is 5.73 Å². The fourth-order valence-corrected chi connectivity index (χ4v) is 2.32. The molecule has 1 aromatic carbocycles. The van der Waals surface area contributed by atoms with Crippen LogP contribution in [0.3, 0.4) is 0 Å². The van der Waals surface area contributed by atoms with E-state index < -0.39 is 5.91 Å². The fraction of sp³-hybridized carbons (Fsp3) is 0.462. The molecule has 0 aliphatic heterocycles. The molecule has 19 heavy (non-hydrogen) atoms. The van der Waals surface area contributed by atoms with Crippen LogP contribution in [0.2, 0.25) is 0 Å². The molecule has 0 aromatic heterocycles. The largest absolute Gasteiger partial charge is 0.664 e. The monoisotopic (exact) mass is 402 g/mol. The minimum Gasteiger partial charge on any atom is -0.664 e. The van der Waals surface area contributed by atoms with Gasteiger partial charge in [0, 0.05) is 31.8 Å². The molecule has 0 saturated carbocycles. The summed E-state index contributed by atoms with van der Waals surface area (Å²) < 4.78 is 0.977. The molecule has 0 heterocycles. The standard InChI is InChI=1S/C13H18BrNO.2ClH.Ti/c1-7(2)10-5-9(14)6-11(8(3)4)12(10)13(15)16;;;/h5-8H,1-4H3,(H2,15,16);2*1H;/p-1. The van der Waals surface area contributed by atoms with E-state index in [1.54, 1.807) is 0 Å². The molecule has 0 bridgehead atoms. The van der Waals surface area contributed by atoms with Crippen molar-refractivity contribution in [3.8, 4) is 0 Å². The third-order valence-electron chi connectivity index (χ3n) is 2.64. The average molecular weight is 404 g/mol. The van der Waals surface area contributed by atoms with Crippen molar-refractivity contribution in [2.24, 2.45) is 0 Å². The van der Waals surface area contributed by atoms with Crippen molar-refractivity contribution in [3.63, 3.8) is 0 Å². The number of benzene rings is 1. The Hall–Kier alpha value is 0.464. The van der Waals surface area contributed by atoms with Gasteiger partial charge < -0.3 is 10.5 Å². The molecule has 1 amide bonds. The smallest absolute Gasteiger partial charge is 0.0802 e. The van der Waals surface area contributed by atoms with Gasteiger partial charge in [-0.1, -0.05) is 43.6 Å². The Morgan fingerprint density at radius 2 is 1.37 bits per heavy atom. The second-order valence-corrected chi connectivity index (χ2v) is 5.51. The second-order valence-electron chi connectivity index (χ2n) is 4.60. The van der Waals surface area contributed by atoms with Crippen molar-refractivity contribution < 1.29 is 26.5 Å². The Labute approximate surface area is 151 Å². The van der Waals surface area contributed by atoms with E-state index >= 15 is 0 Å². The van der Waals surface area contributed by atoms with Crippen LogP contribution in [0.4, 0.5) is 0 Å². The van der Waals surface area contributed by atoms with Crippen LogP contribution in [-0.4, -0.2) is 5.91 Å². The molecule has 0 unspecified atom stereocenters. The third-order valence-corrected chi connectivity index (χ3v) is 3.09. The Kier molecular flexibility index (Phi) is 13.2. The van der Waals surface area contributed by atoms with E-state index in [0.29, 0.717) is 5.56 Å². The van der Waals surface area contributed by atoms with Crippen molar-refractivity contribution >= 4 is 46.7 Å². The van der Waals surface area contributed by atoms with Crippen molar-refractivity contribution in [3.05, 3.63) is 39.0 Å². The number of hydrogen-bond donors (Lipinski definition) is 0. The van der Waals surface area contributed by atoms with Crippen molar-refractivity contribution in [2.45, 2.75) is 39.5 Å². The van der Waals surface area contributed by atoms with Gasteiger partial charge in [0.1, 0.15) is 0 Å². The van der Waals surface area contributed by atoms with Gasteiger partial charge in [-0.15, -0.1) is 24.8 Å². The first-order chi connectivity index (χ1) is 7.34. The summed E-state index contributed by atoms with van der Waals surface area (Å²) in [6.45, 7) is 8.16. The Morgan fingerprint density at radius 3 is 1.58 bits per heavy atom. The van der Waals surface area contributed by atoms with Crippen molar-refractivity contribution in [2.75, 3.05) is 0 Å². The Bertz CT molecular complexity index is 396. The summed E-state index contributed by atoms with van der Waals surface area (Å²) in [5.74, 6) is -0.0847. The Morgan fingerprint density at radius 1 is 1.05 bits per heavy atom. The molecular weight excluding hydrogens is 385 g/mol. The maximum Gasteiger partial charge on any atom is 0.0802 e. The summed E-state index contributed by atoms with van der Waals surface area (Å²) in [5.41, 5.74) is 9.89. The number of rotatable bonds is 3. The number of carbonyl (C=O) groups excluding carboxylic acids is 1. The molecule has 0 aliphatic rings. The molecule has 0 spiro atoms. The molecule has 1 aromatic rings. The molecule has 108 valence electrons. The molecule has 1 rings (SSSR count). The molecule has 0 atom stereocenters. The number of hydrogen-bond acceptors (Lipinski definition) is 1. The molecule has 0 fully saturated rings. The van der Waals surface area contributed by atoms with E-state index in [0.717, 1.165) is 15.6 Å². The first kappa shape index (κ1) is 24.5. The van der Waals surface area contributed by atoms with Crippen LogP contribution >= 0.6 is 40.7 Å². The molecule has 0 aliphatic carbocycles. The van der Waals surface area contributed by atoms with Gasteiger partial charge in [0.05, 0.1) is 5.91 Å². The van der Waals surface area contributed by atoms with E-state index in [9.17, 15) is 4.79 Å². The van der Waals surface area contributed by atoms with Crippen LogP contribution < -0.4 is 0 Å². The van der Waals surface area contributed by atoms with Crippen LogP contribution in [0, 0.1) is 0 Å². The molecule has 0 saturated heterocycles. The normalized spacial score (nSPS) is 9.42. The predicted molar refractivity (Wildman–Crippen MR) is 85.5 cm³/mol.